The van der Waals surface area contributed by atoms with Crippen LogP contribution in [-0.4, -0.2) is 14.6 Å². The molecule has 0 aliphatic rings. The molecule has 3 rings (SSSR count). The van der Waals surface area contributed by atoms with Crippen LogP contribution >= 0.6 is 23.2 Å². The van der Waals surface area contributed by atoms with E-state index in [1.165, 1.54) is 0 Å². The maximum Gasteiger partial charge on any atom is 0.160 e. The summed E-state index contributed by atoms with van der Waals surface area (Å²) in [5.41, 5.74) is 1.93. The maximum absolute atomic E-state index is 6.05. The van der Waals surface area contributed by atoms with E-state index in [4.69, 9.17) is 23.2 Å². The van der Waals surface area contributed by atoms with Crippen LogP contribution in [0.4, 0.5) is 0 Å². The van der Waals surface area contributed by atoms with Gasteiger partial charge in [0.05, 0.1) is 16.6 Å². The molecule has 0 radical (unpaired) electrons. The summed E-state index contributed by atoms with van der Waals surface area (Å²) in [6.07, 6.45) is 1.95. The molecule has 0 saturated heterocycles. The molecule has 0 spiro atoms. The highest BCUT2D eigenvalue weighted by atomic mass is 35.5. The number of fused-ring (bicyclic) bond motifs is 1. The summed E-state index contributed by atoms with van der Waals surface area (Å²) in [4.78, 5) is 0. The fraction of sp³-hybridized carbons (Fsp3) is 0.200. The minimum Gasteiger partial charge on any atom is -0.303 e. The first-order chi connectivity index (χ1) is 10.1. The number of nitrogens with zero attached hydrogens (tertiary/aromatic N) is 3. The van der Waals surface area contributed by atoms with Gasteiger partial charge in [0, 0.05) is 12.2 Å². The summed E-state index contributed by atoms with van der Waals surface area (Å²) in [6.45, 7) is 2.69. The van der Waals surface area contributed by atoms with Gasteiger partial charge in [-0.1, -0.05) is 35.3 Å². The number of benzene rings is 1. The Labute approximate surface area is 132 Å². The average Bonchev–Trinajstić information content (AvgIpc) is 2.91. The Kier molecular flexibility index (Phi) is 4.10. The highest BCUT2D eigenvalue weighted by Crippen LogP contribution is 2.25. The van der Waals surface area contributed by atoms with Crippen molar-refractivity contribution in [2.45, 2.75) is 19.5 Å². The monoisotopic (exact) mass is 320 g/mol. The molecule has 1 unspecified atom stereocenters. The summed E-state index contributed by atoms with van der Waals surface area (Å²) in [5, 5.41) is 12.9. The summed E-state index contributed by atoms with van der Waals surface area (Å²) in [5.74, 6) is 0.873. The Bertz CT molecular complexity index is 769. The zero-order valence-corrected chi connectivity index (χ0v) is 12.9. The quantitative estimate of drug-likeness (QED) is 0.793. The van der Waals surface area contributed by atoms with E-state index in [9.17, 15) is 0 Å². The van der Waals surface area contributed by atoms with Gasteiger partial charge in [-0.25, -0.2) is 0 Å². The van der Waals surface area contributed by atoms with Crippen LogP contribution in [0.2, 0.25) is 10.0 Å². The van der Waals surface area contributed by atoms with Gasteiger partial charge in [-0.3, -0.25) is 4.40 Å². The predicted molar refractivity (Wildman–Crippen MR) is 84.7 cm³/mol. The fourth-order valence-electron chi connectivity index (χ4n) is 2.16. The number of rotatable bonds is 4. The second-order valence-electron chi connectivity index (χ2n) is 4.82. The van der Waals surface area contributed by atoms with Crippen molar-refractivity contribution in [1.29, 1.82) is 0 Å². The minimum atomic E-state index is 0.135. The molecule has 0 bridgehead atoms. The first kappa shape index (κ1) is 14.3. The normalized spacial score (nSPS) is 12.7. The minimum absolute atomic E-state index is 0.135. The van der Waals surface area contributed by atoms with E-state index in [1.54, 1.807) is 0 Å². The first-order valence-corrected chi connectivity index (χ1v) is 7.38. The molecular formula is C15H14Cl2N4. The van der Waals surface area contributed by atoms with Gasteiger partial charge in [0.25, 0.3) is 0 Å². The molecule has 6 heteroatoms. The highest BCUT2D eigenvalue weighted by molar-refractivity contribution is 6.42. The summed E-state index contributed by atoms with van der Waals surface area (Å²) < 4.78 is 1.97. The van der Waals surface area contributed by atoms with Crippen molar-refractivity contribution in [2.75, 3.05) is 0 Å². The van der Waals surface area contributed by atoms with Crippen LogP contribution < -0.4 is 5.32 Å². The smallest absolute Gasteiger partial charge is 0.160 e. The number of nitrogens with one attached hydrogen (secondary N) is 1. The number of hydrogen-bond acceptors (Lipinski definition) is 3. The van der Waals surface area contributed by atoms with Crippen molar-refractivity contribution in [2.24, 2.45) is 0 Å². The van der Waals surface area contributed by atoms with Gasteiger partial charge in [-0.05, 0) is 36.8 Å². The molecule has 2 aromatic heterocycles. The van der Waals surface area contributed by atoms with Gasteiger partial charge in [-0.15, -0.1) is 10.2 Å². The number of aromatic nitrogens is 3. The Hall–Kier alpha value is -1.62. The van der Waals surface area contributed by atoms with Gasteiger partial charge in [0.1, 0.15) is 0 Å². The Morgan fingerprint density at radius 2 is 2.00 bits per heavy atom. The fourth-order valence-corrected chi connectivity index (χ4v) is 2.46. The lowest BCUT2D eigenvalue weighted by Gasteiger charge is -2.14. The largest absolute Gasteiger partial charge is 0.303 e. The summed E-state index contributed by atoms with van der Waals surface area (Å²) >= 11 is 12.0. The SMILES string of the molecule is CC(NCc1nnc2ccccn12)c1ccc(Cl)c(Cl)c1. The zero-order chi connectivity index (χ0) is 14.8. The van der Waals surface area contributed by atoms with E-state index in [0.29, 0.717) is 16.6 Å². The molecule has 21 heavy (non-hydrogen) atoms. The van der Waals surface area contributed by atoms with Crippen molar-refractivity contribution < 1.29 is 0 Å². The van der Waals surface area contributed by atoms with Crippen LogP contribution in [0.5, 0.6) is 0 Å². The molecular weight excluding hydrogens is 307 g/mol. The van der Waals surface area contributed by atoms with Crippen molar-refractivity contribution >= 4 is 28.8 Å². The third kappa shape index (κ3) is 3.02. The van der Waals surface area contributed by atoms with Gasteiger partial charge in [0.15, 0.2) is 11.5 Å². The number of hydrogen-bond donors (Lipinski definition) is 1. The average molecular weight is 321 g/mol. The van der Waals surface area contributed by atoms with Crippen LogP contribution in [0, 0.1) is 0 Å². The lowest BCUT2D eigenvalue weighted by atomic mass is 10.1. The third-order valence-electron chi connectivity index (χ3n) is 3.39. The molecule has 0 aliphatic carbocycles. The third-order valence-corrected chi connectivity index (χ3v) is 4.13. The van der Waals surface area contributed by atoms with E-state index in [2.05, 4.69) is 22.4 Å². The van der Waals surface area contributed by atoms with E-state index in [0.717, 1.165) is 17.0 Å². The second-order valence-corrected chi connectivity index (χ2v) is 5.64. The van der Waals surface area contributed by atoms with Gasteiger partial charge in [-0.2, -0.15) is 0 Å². The van der Waals surface area contributed by atoms with Crippen LogP contribution in [0.15, 0.2) is 42.6 Å². The summed E-state index contributed by atoms with van der Waals surface area (Å²) in [6, 6.07) is 11.6. The molecule has 0 saturated carbocycles. The maximum atomic E-state index is 6.05. The molecule has 2 heterocycles. The predicted octanol–water partition coefficient (Wildman–Crippen LogP) is 3.89. The van der Waals surface area contributed by atoms with Gasteiger partial charge >= 0.3 is 0 Å². The first-order valence-electron chi connectivity index (χ1n) is 6.62. The molecule has 1 aromatic carbocycles. The molecule has 0 fully saturated rings. The van der Waals surface area contributed by atoms with Crippen molar-refractivity contribution in [3.63, 3.8) is 0 Å². The lowest BCUT2D eigenvalue weighted by molar-refractivity contribution is 0.556. The lowest BCUT2D eigenvalue weighted by Crippen LogP contribution is -2.19. The summed E-state index contributed by atoms with van der Waals surface area (Å²) in [7, 11) is 0. The topological polar surface area (TPSA) is 42.2 Å². The second kappa shape index (κ2) is 6.02. The highest BCUT2D eigenvalue weighted by Gasteiger charge is 2.10. The molecule has 3 aromatic rings. The van der Waals surface area contributed by atoms with Crippen LogP contribution in [-0.2, 0) is 6.54 Å². The van der Waals surface area contributed by atoms with E-state index in [1.807, 2.05) is 47.0 Å². The standard InChI is InChI=1S/C15H14Cl2N4/c1-10(11-5-6-12(16)13(17)8-11)18-9-15-20-19-14-4-2-3-7-21(14)15/h2-8,10,18H,9H2,1H3. The molecule has 1 N–H and O–H groups in total. The van der Waals surface area contributed by atoms with Crippen molar-refractivity contribution in [3.8, 4) is 0 Å². The van der Waals surface area contributed by atoms with Crippen LogP contribution in [0.1, 0.15) is 24.4 Å². The van der Waals surface area contributed by atoms with Gasteiger partial charge in [0.2, 0.25) is 0 Å². The van der Waals surface area contributed by atoms with E-state index >= 15 is 0 Å². The van der Waals surface area contributed by atoms with Crippen molar-refractivity contribution in [1.82, 2.24) is 19.9 Å². The Balaban J connectivity index is 1.73. The Morgan fingerprint density at radius 1 is 1.14 bits per heavy atom. The van der Waals surface area contributed by atoms with E-state index in [-0.39, 0.29) is 6.04 Å². The van der Waals surface area contributed by atoms with Crippen LogP contribution in [0.25, 0.3) is 5.65 Å². The molecule has 1 atom stereocenters. The zero-order valence-electron chi connectivity index (χ0n) is 11.4. The molecule has 0 aliphatic heterocycles. The Morgan fingerprint density at radius 3 is 2.81 bits per heavy atom. The molecule has 0 amide bonds. The molecule has 108 valence electrons. The molecule has 4 nitrogen and oxygen atoms in total. The number of pyridine rings is 1. The van der Waals surface area contributed by atoms with E-state index < -0.39 is 0 Å². The number of halogens is 2. The van der Waals surface area contributed by atoms with Crippen molar-refractivity contribution in [3.05, 3.63) is 64.0 Å². The van der Waals surface area contributed by atoms with Gasteiger partial charge < -0.3 is 5.32 Å². The van der Waals surface area contributed by atoms with Crippen LogP contribution in [0.3, 0.4) is 0 Å².